The summed E-state index contributed by atoms with van der Waals surface area (Å²) in [6, 6.07) is 3.52. The van der Waals surface area contributed by atoms with Crippen LogP contribution in [0.4, 0.5) is 5.82 Å². The van der Waals surface area contributed by atoms with E-state index in [1.54, 1.807) is 12.1 Å². The van der Waals surface area contributed by atoms with Gasteiger partial charge in [-0.05, 0) is 43.7 Å². The van der Waals surface area contributed by atoms with E-state index in [0.717, 1.165) is 18.8 Å². The number of nitrogens with one attached hydrogen (secondary N) is 2. The number of hydrogen-bond acceptors (Lipinski definition) is 5. The summed E-state index contributed by atoms with van der Waals surface area (Å²) in [6.45, 7) is 2.23. The van der Waals surface area contributed by atoms with Crippen LogP contribution in [0.3, 0.4) is 0 Å². The molecule has 2 rings (SSSR count). The molecule has 19 heavy (non-hydrogen) atoms. The van der Waals surface area contributed by atoms with Crippen molar-refractivity contribution in [3.8, 4) is 0 Å². The molecule has 0 unspecified atom stereocenters. The van der Waals surface area contributed by atoms with Crippen molar-refractivity contribution in [2.75, 3.05) is 5.43 Å². The Morgan fingerprint density at radius 2 is 2.05 bits per heavy atom. The lowest BCUT2D eigenvalue weighted by atomic mass is 9.84. The number of nitrogens with two attached hydrogens (primary N) is 1. The van der Waals surface area contributed by atoms with E-state index < -0.39 is 0 Å². The smallest absolute Gasteiger partial charge is 0.272 e. The van der Waals surface area contributed by atoms with E-state index in [1.807, 2.05) is 0 Å². The van der Waals surface area contributed by atoms with Gasteiger partial charge < -0.3 is 10.7 Å². The minimum Gasteiger partial charge on any atom is -0.348 e. The highest BCUT2D eigenvalue weighted by Crippen LogP contribution is 2.26. The van der Waals surface area contributed by atoms with Crippen molar-refractivity contribution in [1.82, 2.24) is 15.5 Å². The summed E-state index contributed by atoms with van der Waals surface area (Å²) in [6.07, 6.45) is 5.74. The molecule has 0 spiro atoms. The largest absolute Gasteiger partial charge is 0.348 e. The summed E-state index contributed by atoms with van der Waals surface area (Å²) < 4.78 is 0. The average molecular weight is 263 g/mol. The molecule has 6 nitrogen and oxygen atoms in total. The normalized spacial score (nSPS) is 22.8. The lowest BCUT2D eigenvalue weighted by Crippen LogP contribution is -2.38. The first-order chi connectivity index (χ1) is 9.22. The van der Waals surface area contributed by atoms with Crippen molar-refractivity contribution in [1.29, 1.82) is 0 Å². The van der Waals surface area contributed by atoms with Gasteiger partial charge in [0.1, 0.15) is 0 Å². The number of hydrazine groups is 1. The monoisotopic (exact) mass is 263 g/mol. The maximum atomic E-state index is 12.0. The molecule has 0 aliphatic heterocycles. The highest BCUT2D eigenvalue weighted by atomic mass is 16.2. The van der Waals surface area contributed by atoms with E-state index in [9.17, 15) is 4.79 Å². The number of carbonyl (C=O) groups is 1. The molecule has 0 aromatic carbocycles. The topological polar surface area (TPSA) is 92.9 Å². The number of amides is 1. The second-order valence-electron chi connectivity index (χ2n) is 5.05. The second-order valence-corrected chi connectivity index (χ2v) is 5.05. The molecule has 1 aromatic rings. The standard InChI is InChI=1S/C13H21N5O/c1-2-9-3-5-10(6-4-9)15-13(19)11-7-8-12(16-14)18-17-11/h7-10H,2-6,14H2,1H3,(H,15,19)(H,16,18). The van der Waals surface area contributed by atoms with Crippen LogP contribution in [-0.4, -0.2) is 22.1 Å². The highest BCUT2D eigenvalue weighted by Gasteiger charge is 2.22. The molecule has 4 N–H and O–H groups in total. The van der Waals surface area contributed by atoms with Gasteiger partial charge in [0.15, 0.2) is 11.5 Å². The quantitative estimate of drug-likeness (QED) is 0.565. The third kappa shape index (κ3) is 3.64. The van der Waals surface area contributed by atoms with Crippen LogP contribution in [0, 0.1) is 5.92 Å². The molecule has 1 aliphatic rings. The average Bonchev–Trinajstić information content (AvgIpc) is 2.48. The Kier molecular flexibility index (Phi) is 4.68. The number of nitrogen functional groups attached to an aromatic ring is 1. The maximum absolute atomic E-state index is 12.0. The molecule has 1 saturated carbocycles. The van der Waals surface area contributed by atoms with Gasteiger partial charge in [0.25, 0.3) is 5.91 Å². The molecule has 1 aliphatic carbocycles. The molecule has 1 aromatic heterocycles. The Bertz CT molecular complexity index is 412. The summed E-state index contributed by atoms with van der Waals surface area (Å²) in [4.78, 5) is 12.0. The highest BCUT2D eigenvalue weighted by molar-refractivity contribution is 5.92. The summed E-state index contributed by atoms with van der Waals surface area (Å²) in [7, 11) is 0. The predicted octanol–water partition coefficient (Wildman–Crippen LogP) is 1.46. The Labute approximate surface area is 113 Å². The molecule has 1 heterocycles. The van der Waals surface area contributed by atoms with E-state index in [4.69, 9.17) is 5.84 Å². The van der Waals surface area contributed by atoms with Gasteiger partial charge in [0, 0.05) is 6.04 Å². The van der Waals surface area contributed by atoms with Crippen LogP contribution >= 0.6 is 0 Å². The first-order valence-corrected chi connectivity index (χ1v) is 6.84. The summed E-state index contributed by atoms with van der Waals surface area (Å²) in [5, 5.41) is 10.7. The van der Waals surface area contributed by atoms with Crippen molar-refractivity contribution in [3.05, 3.63) is 17.8 Å². The van der Waals surface area contributed by atoms with E-state index in [-0.39, 0.29) is 11.9 Å². The Morgan fingerprint density at radius 1 is 1.32 bits per heavy atom. The zero-order valence-corrected chi connectivity index (χ0v) is 11.2. The van der Waals surface area contributed by atoms with E-state index in [1.165, 1.54) is 19.3 Å². The van der Waals surface area contributed by atoms with Crippen molar-refractivity contribution in [2.24, 2.45) is 11.8 Å². The molecule has 0 bridgehead atoms. The van der Waals surface area contributed by atoms with Gasteiger partial charge in [-0.3, -0.25) is 4.79 Å². The Balaban J connectivity index is 1.87. The molecule has 1 fully saturated rings. The molecule has 6 heteroatoms. The van der Waals surface area contributed by atoms with Crippen LogP contribution in [-0.2, 0) is 0 Å². The third-order valence-corrected chi connectivity index (χ3v) is 3.80. The lowest BCUT2D eigenvalue weighted by molar-refractivity contribution is 0.0915. The molecular weight excluding hydrogens is 242 g/mol. The minimum absolute atomic E-state index is 0.156. The second kappa shape index (κ2) is 6.47. The van der Waals surface area contributed by atoms with Crippen LogP contribution in [0.1, 0.15) is 49.5 Å². The summed E-state index contributed by atoms with van der Waals surface area (Å²) in [5.74, 6) is 6.31. The number of aromatic nitrogens is 2. The molecule has 104 valence electrons. The Hall–Kier alpha value is -1.69. The van der Waals surface area contributed by atoms with E-state index >= 15 is 0 Å². The lowest BCUT2D eigenvalue weighted by Gasteiger charge is -2.28. The predicted molar refractivity (Wildman–Crippen MR) is 73.3 cm³/mol. The van der Waals surface area contributed by atoms with Crippen LogP contribution in [0.5, 0.6) is 0 Å². The SMILES string of the molecule is CCC1CCC(NC(=O)c2ccc(NN)nn2)CC1. The first kappa shape index (κ1) is 13.7. The molecule has 0 radical (unpaired) electrons. The van der Waals surface area contributed by atoms with Crippen molar-refractivity contribution >= 4 is 11.7 Å². The third-order valence-electron chi connectivity index (χ3n) is 3.80. The van der Waals surface area contributed by atoms with Crippen LogP contribution in [0.15, 0.2) is 12.1 Å². The van der Waals surface area contributed by atoms with Crippen molar-refractivity contribution in [3.63, 3.8) is 0 Å². The molecule has 1 amide bonds. The van der Waals surface area contributed by atoms with Gasteiger partial charge in [0.2, 0.25) is 0 Å². The van der Waals surface area contributed by atoms with E-state index in [2.05, 4.69) is 27.9 Å². The number of anilines is 1. The zero-order chi connectivity index (χ0) is 13.7. The van der Waals surface area contributed by atoms with Gasteiger partial charge in [-0.2, -0.15) is 0 Å². The number of nitrogens with zero attached hydrogens (tertiary/aromatic N) is 2. The van der Waals surface area contributed by atoms with Gasteiger partial charge in [0.05, 0.1) is 0 Å². The summed E-state index contributed by atoms with van der Waals surface area (Å²) in [5.41, 5.74) is 2.71. The van der Waals surface area contributed by atoms with Gasteiger partial charge >= 0.3 is 0 Å². The first-order valence-electron chi connectivity index (χ1n) is 6.84. The number of hydrogen-bond donors (Lipinski definition) is 3. The van der Waals surface area contributed by atoms with Crippen LogP contribution in [0.2, 0.25) is 0 Å². The van der Waals surface area contributed by atoms with E-state index in [0.29, 0.717) is 11.5 Å². The van der Waals surface area contributed by atoms with Crippen LogP contribution in [0.25, 0.3) is 0 Å². The van der Waals surface area contributed by atoms with Crippen LogP contribution < -0.4 is 16.6 Å². The molecule has 0 atom stereocenters. The summed E-state index contributed by atoms with van der Waals surface area (Å²) >= 11 is 0. The van der Waals surface area contributed by atoms with Gasteiger partial charge in [-0.25, -0.2) is 5.84 Å². The molecular formula is C13H21N5O. The fourth-order valence-electron chi connectivity index (χ4n) is 2.50. The van der Waals surface area contributed by atoms with Crippen molar-refractivity contribution in [2.45, 2.75) is 45.1 Å². The zero-order valence-electron chi connectivity index (χ0n) is 11.2. The minimum atomic E-state index is -0.156. The number of rotatable bonds is 4. The van der Waals surface area contributed by atoms with Crippen molar-refractivity contribution < 1.29 is 4.79 Å². The number of carbonyl (C=O) groups excluding carboxylic acids is 1. The fourth-order valence-corrected chi connectivity index (χ4v) is 2.50. The molecule has 0 saturated heterocycles. The fraction of sp³-hybridized carbons (Fsp3) is 0.615. The van der Waals surface area contributed by atoms with Gasteiger partial charge in [-0.1, -0.05) is 13.3 Å². The van der Waals surface area contributed by atoms with Gasteiger partial charge in [-0.15, -0.1) is 10.2 Å². The maximum Gasteiger partial charge on any atom is 0.272 e. The Morgan fingerprint density at radius 3 is 2.58 bits per heavy atom.